The summed E-state index contributed by atoms with van der Waals surface area (Å²) in [4.78, 5) is 13.0. The second-order valence-corrected chi connectivity index (χ2v) is 6.85. The van der Waals surface area contributed by atoms with Crippen molar-refractivity contribution in [1.82, 2.24) is 4.90 Å². The first-order valence-electron chi connectivity index (χ1n) is 7.51. The van der Waals surface area contributed by atoms with E-state index in [4.69, 9.17) is 14.0 Å². The van der Waals surface area contributed by atoms with Gasteiger partial charge in [-0.05, 0) is 45.9 Å². The normalized spacial score (nSPS) is 18.8. The molecule has 126 valence electrons. The molecule has 2 rings (SSSR count). The lowest BCUT2D eigenvalue weighted by molar-refractivity contribution is -0.130. The van der Waals surface area contributed by atoms with Crippen LogP contribution in [0, 0.1) is 5.82 Å². The molecule has 0 bridgehead atoms. The number of carbonyl (C=O) groups is 1. The Labute approximate surface area is 136 Å². The number of rotatable bonds is 4. The largest absolute Gasteiger partial charge is 0.497 e. The number of hydrogen-bond donors (Lipinski definition) is 0. The van der Waals surface area contributed by atoms with Crippen molar-refractivity contribution in [1.29, 1.82) is 0 Å². The maximum absolute atomic E-state index is 14.2. The monoisotopic (exact) mass is 323 g/mol. The molecule has 0 radical (unpaired) electrons. The second kappa shape index (κ2) is 6.13. The van der Waals surface area contributed by atoms with E-state index < -0.39 is 24.1 Å². The Balaban J connectivity index is 2.17. The van der Waals surface area contributed by atoms with Gasteiger partial charge in [0.1, 0.15) is 11.6 Å². The molecule has 5 nitrogen and oxygen atoms in total. The molecule has 0 spiro atoms. The lowest BCUT2D eigenvalue weighted by Gasteiger charge is -2.32. The van der Waals surface area contributed by atoms with Gasteiger partial charge < -0.3 is 18.9 Å². The van der Waals surface area contributed by atoms with Gasteiger partial charge in [0.2, 0.25) is 0 Å². The molecule has 0 N–H and O–H groups in total. The number of ether oxygens (including phenoxy) is 1. The smallest absolute Gasteiger partial charge is 0.484 e. The molecule has 1 fully saturated rings. The Kier molecular flexibility index (Phi) is 4.73. The van der Waals surface area contributed by atoms with E-state index in [0.29, 0.717) is 5.75 Å². The fourth-order valence-electron chi connectivity index (χ4n) is 2.04. The zero-order valence-electron chi connectivity index (χ0n) is 14.5. The zero-order valence-corrected chi connectivity index (χ0v) is 14.5. The minimum Gasteiger partial charge on any atom is -0.484 e. The minimum absolute atomic E-state index is 0.110. The van der Waals surface area contributed by atoms with Gasteiger partial charge in [-0.15, -0.1) is 0 Å². The van der Waals surface area contributed by atoms with Gasteiger partial charge in [0.05, 0.1) is 11.2 Å². The molecule has 1 amide bonds. The van der Waals surface area contributed by atoms with Gasteiger partial charge in [-0.3, -0.25) is 4.79 Å². The Morgan fingerprint density at radius 3 is 2.30 bits per heavy atom. The summed E-state index contributed by atoms with van der Waals surface area (Å²) in [5, 5.41) is 0. The number of benzene rings is 1. The number of halogens is 1. The summed E-state index contributed by atoms with van der Waals surface area (Å²) < 4.78 is 31.3. The summed E-state index contributed by atoms with van der Waals surface area (Å²) in [5.74, 6) is -0.215. The van der Waals surface area contributed by atoms with Gasteiger partial charge in [-0.1, -0.05) is 0 Å². The van der Waals surface area contributed by atoms with Crippen LogP contribution in [-0.2, 0) is 14.1 Å². The molecular weight excluding hydrogens is 300 g/mol. The van der Waals surface area contributed by atoms with Crippen LogP contribution in [0.3, 0.4) is 0 Å². The van der Waals surface area contributed by atoms with Crippen LogP contribution in [0.2, 0.25) is 0 Å². The van der Waals surface area contributed by atoms with Crippen LogP contribution in [0.15, 0.2) is 18.2 Å². The van der Waals surface area contributed by atoms with Crippen molar-refractivity contribution in [2.45, 2.75) is 38.9 Å². The number of amides is 1. The van der Waals surface area contributed by atoms with Crippen molar-refractivity contribution in [3.63, 3.8) is 0 Å². The summed E-state index contributed by atoms with van der Waals surface area (Å²) in [7, 11) is 2.48. The standard InChI is InChI=1S/C16H23BFNO4/c1-15(2)16(3,4)23-17(22-15)12-9-11(7-8-13(12)18)21-10-14(20)19(5)6/h7-9H,10H2,1-6H3. The number of carbonyl (C=O) groups excluding carboxylic acids is 1. The third-order valence-electron chi connectivity index (χ3n) is 4.34. The molecule has 23 heavy (non-hydrogen) atoms. The molecule has 1 saturated heterocycles. The van der Waals surface area contributed by atoms with Gasteiger partial charge in [0.25, 0.3) is 5.91 Å². The predicted octanol–water partition coefficient (Wildman–Crippen LogP) is 1.59. The molecule has 0 unspecified atom stereocenters. The lowest BCUT2D eigenvalue weighted by atomic mass is 9.78. The van der Waals surface area contributed by atoms with Gasteiger partial charge in [-0.2, -0.15) is 0 Å². The Hall–Kier alpha value is -1.60. The third kappa shape index (κ3) is 3.67. The first-order chi connectivity index (χ1) is 10.5. The zero-order chi connectivity index (χ0) is 17.4. The molecule has 1 aromatic carbocycles. The van der Waals surface area contributed by atoms with Crippen molar-refractivity contribution < 1.29 is 23.2 Å². The fourth-order valence-corrected chi connectivity index (χ4v) is 2.04. The van der Waals surface area contributed by atoms with E-state index in [-0.39, 0.29) is 18.0 Å². The highest BCUT2D eigenvalue weighted by molar-refractivity contribution is 6.62. The van der Waals surface area contributed by atoms with Crippen molar-refractivity contribution in [3.05, 3.63) is 24.0 Å². The maximum atomic E-state index is 14.2. The molecule has 0 aromatic heterocycles. The first kappa shape index (κ1) is 17.8. The molecule has 0 saturated carbocycles. The van der Waals surface area contributed by atoms with E-state index in [0.717, 1.165) is 0 Å². The van der Waals surface area contributed by atoms with Crippen molar-refractivity contribution in [3.8, 4) is 5.75 Å². The molecule has 7 heteroatoms. The SMILES string of the molecule is CN(C)C(=O)COc1ccc(F)c(B2OC(C)(C)C(C)(C)O2)c1. The van der Waals surface area contributed by atoms with Gasteiger partial charge in [0, 0.05) is 19.6 Å². The predicted molar refractivity (Wildman–Crippen MR) is 86.3 cm³/mol. The van der Waals surface area contributed by atoms with Gasteiger partial charge in [0.15, 0.2) is 6.61 Å². The third-order valence-corrected chi connectivity index (χ3v) is 4.34. The summed E-state index contributed by atoms with van der Waals surface area (Å²) in [6.45, 7) is 7.51. The van der Waals surface area contributed by atoms with E-state index in [2.05, 4.69) is 0 Å². The van der Waals surface area contributed by atoms with E-state index in [1.54, 1.807) is 14.1 Å². The molecule has 1 aromatic rings. The maximum Gasteiger partial charge on any atom is 0.497 e. The van der Waals surface area contributed by atoms with Gasteiger partial charge in [-0.25, -0.2) is 4.39 Å². The van der Waals surface area contributed by atoms with Crippen LogP contribution in [0.1, 0.15) is 27.7 Å². The van der Waals surface area contributed by atoms with Crippen LogP contribution < -0.4 is 10.2 Å². The van der Waals surface area contributed by atoms with Crippen LogP contribution >= 0.6 is 0 Å². The molecule has 1 heterocycles. The number of hydrogen-bond acceptors (Lipinski definition) is 4. The summed E-state index contributed by atoms with van der Waals surface area (Å²) in [5.41, 5.74) is -0.845. The molecular formula is C16H23BFNO4. The molecule has 0 aliphatic carbocycles. The average Bonchev–Trinajstić information content (AvgIpc) is 2.65. The van der Waals surface area contributed by atoms with Crippen molar-refractivity contribution >= 4 is 18.5 Å². The van der Waals surface area contributed by atoms with E-state index in [1.165, 1.54) is 23.1 Å². The van der Waals surface area contributed by atoms with Gasteiger partial charge >= 0.3 is 7.12 Å². The summed E-state index contributed by atoms with van der Waals surface area (Å²) >= 11 is 0. The van der Waals surface area contributed by atoms with Crippen LogP contribution in [0.4, 0.5) is 4.39 Å². The fraction of sp³-hybridized carbons (Fsp3) is 0.562. The van der Waals surface area contributed by atoms with Crippen LogP contribution in [0.5, 0.6) is 5.75 Å². The van der Waals surface area contributed by atoms with E-state index >= 15 is 0 Å². The molecule has 0 atom stereocenters. The summed E-state index contributed by atoms with van der Waals surface area (Å²) in [6, 6.07) is 4.28. The van der Waals surface area contributed by atoms with Crippen molar-refractivity contribution in [2.75, 3.05) is 20.7 Å². The number of likely N-dealkylation sites (N-methyl/N-ethyl adjacent to an activating group) is 1. The highest BCUT2D eigenvalue weighted by atomic mass is 19.1. The Bertz CT molecular complexity index is 588. The van der Waals surface area contributed by atoms with E-state index in [1.807, 2.05) is 27.7 Å². The van der Waals surface area contributed by atoms with Crippen LogP contribution in [0.25, 0.3) is 0 Å². The first-order valence-corrected chi connectivity index (χ1v) is 7.51. The Morgan fingerprint density at radius 2 is 1.78 bits per heavy atom. The Morgan fingerprint density at radius 1 is 1.22 bits per heavy atom. The highest BCUT2D eigenvalue weighted by Crippen LogP contribution is 2.36. The van der Waals surface area contributed by atoms with E-state index in [9.17, 15) is 9.18 Å². The second-order valence-electron chi connectivity index (χ2n) is 6.85. The molecule has 1 aliphatic rings. The lowest BCUT2D eigenvalue weighted by Crippen LogP contribution is -2.41. The topological polar surface area (TPSA) is 48.0 Å². The average molecular weight is 323 g/mol. The highest BCUT2D eigenvalue weighted by Gasteiger charge is 2.52. The molecule has 1 aliphatic heterocycles. The quantitative estimate of drug-likeness (QED) is 0.790. The van der Waals surface area contributed by atoms with Crippen molar-refractivity contribution in [2.24, 2.45) is 0 Å². The van der Waals surface area contributed by atoms with Crippen LogP contribution in [-0.4, -0.2) is 49.8 Å². The summed E-state index contributed by atoms with van der Waals surface area (Å²) in [6.07, 6.45) is 0. The minimum atomic E-state index is -0.812. The number of nitrogens with zero attached hydrogens (tertiary/aromatic N) is 1.